The van der Waals surface area contributed by atoms with Gasteiger partial charge in [-0.25, -0.2) is 13.1 Å². The van der Waals surface area contributed by atoms with E-state index in [2.05, 4.69) is 10.0 Å². The SMILES string of the molecule is CNS(=O)(=O)c1cc(C(=O)NC(C)(CC(=O)O)C(C)C)c(C)o1. The van der Waals surface area contributed by atoms with Crippen LogP contribution in [0.1, 0.15) is 43.3 Å². The number of aryl methyl sites for hydroxylation is 1. The smallest absolute Gasteiger partial charge is 0.305 e. The number of sulfonamides is 1. The van der Waals surface area contributed by atoms with Crippen molar-refractivity contribution >= 4 is 21.9 Å². The first-order valence-corrected chi connectivity index (χ1v) is 8.49. The number of amides is 1. The molecule has 0 saturated carbocycles. The van der Waals surface area contributed by atoms with Gasteiger partial charge >= 0.3 is 5.97 Å². The van der Waals surface area contributed by atoms with Crippen LogP contribution in [-0.4, -0.2) is 38.0 Å². The third-order valence-corrected chi connectivity index (χ3v) is 5.13. The number of hydrogen-bond donors (Lipinski definition) is 3. The maximum absolute atomic E-state index is 12.4. The molecule has 0 spiro atoms. The molecule has 0 fully saturated rings. The quantitative estimate of drug-likeness (QED) is 0.679. The summed E-state index contributed by atoms with van der Waals surface area (Å²) in [6.07, 6.45) is -0.255. The number of rotatable bonds is 7. The van der Waals surface area contributed by atoms with E-state index in [9.17, 15) is 18.0 Å². The highest BCUT2D eigenvalue weighted by Gasteiger charge is 2.34. The molecule has 0 radical (unpaired) electrons. The van der Waals surface area contributed by atoms with Gasteiger partial charge in [-0.1, -0.05) is 13.8 Å². The first-order valence-electron chi connectivity index (χ1n) is 7.01. The van der Waals surface area contributed by atoms with E-state index < -0.39 is 27.4 Å². The Morgan fingerprint density at radius 1 is 1.39 bits per heavy atom. The van der Waals surface area contributed by atoms with Crippen LogP contribution in [0.25, 0.3) is 0 Å². The lowest BCUT2D eigenvalue weighted by Crippen LogP contribution is -2.51. The highest BCUT2D eigenvalue weighted by Crippen LogP contribution is 2.24. The third kappa shape index (κ3) is 4.32. The van der Waals surface area contributed by atoms with Crippen molar-refractivity contribution in [2.45, 2.75) is 44.7 Å². The van der Waals surface area contributed by atoms with Gasteiger partial charge in [0.2, 0.25) is 5.09 Å². The molecule has 1 aromatic rings. The van der Waals surface area contributed by atoms with Crippen LogP contribution in [0, 0.1) is 12.8 Å². The van der Waals surface area contributed by atoms with Crippen LogP contribution in [0.4, 0.5) is 0 Å². The van der Waals surface area contributed by atoms with Crippen molar-refractivity contribution in [2.75, 3.05) is 7.05 Å². The summed E-state index contributed by atoms with van der Waals surface area (Å²) < 4.78 is 30.6. The Morgan fingerprint density at radius 3 is 2.39 bits per heavy atom. The van der Waals surface area contributed by atoms with E-state index in [1.165, 1.54) is 14.0 Å². The van der Waals surface area contributed by atoms with Crippen molar-refractivity contribution in [2.24, 2.45) is 5.92 Å². The number of carbonyl (C=O) groups is 2. The van der Waals surface area contributed by atoms with E-state index in [0.717, 1.165) is 6.07 Å². The lowest BCUT2D eigenvalue weighted by Gasteiger charge is -2.33. The topological polar surface area (TPSA) is 126 Å². The Labute approximate surface area is 135 Å². The van der Waals surface area contributed by atoms with E-state index in [1.807, 2.05) is 0 Å². The Kier molecular flexibility index (Phi) is 5.60. The van der Waals surface area contributed by atoms with Gasteiger partial charge in [0.15, 0.2) is 0 Å². The molecule has 0 aliphatic heterocycles. The van der Waals surface area contributed by atoms with Crippen LogP contribution < -0.4 is 10.0 Å². The molecule has 1 amide bonds. The lowest BCUT2D eigenvalue weighted by molar-refractivity contribution is -0.138. The summed E-state index contributed by atoms with van der Waals surface area (Å²) in [4.78, 5) is 23.4. The summed E-state index contributed by atoms with van der Waals surface area (Å²) in [5, 5.41) is 11.3. The predicted molar refractivity (Wildman–Crippen MR) is 82.7 cm³/mol. The summed E-state index contributed by atoms with van der Waals surface area (Å²) in [5.41, 5.74) is -0.926. The van der Waals surface area contributed by atoms with E-state index >= 15 is 0 Å². The van der Waals surface area contributed by atoms with Crippen LogP contribution in [0.2, 0.25) is 0 Å². The number of nitrogens with one attached hydrogen (secondary N) is 2. The molecule has 8 nitrogen and oxygen atoms in total. The largest absolute Gasteiger partial charge is 0.481 e. The van der Waals surface area contributed by atoms with Crippen LogP contribution in [0.5, 0.6) is 0 Å². The van der Waals surface area contributed by atoms with Gasteiger partial charge in [-0.3, -0.25) is 9.59 Å². The minimum Gasteiger partial charge on any atom is -0.481 e. The van der Waals surface area contributed by atoms with Gasteiger partial charge in [0.05, 0.1) is 17.5 Å². The predicted octanol–water partition coefficient (Wildman–Crippen LogP) is 1.12. The second-order valence-corrected chi connectivity index (χ2v) is 7.66. The molecule has 23 heavy (non-hydrogen) atoms. The number of aliphatic carboxylic acids is 1. The van der Waals surface area contributed by atoms with Crippen molar-refractivity contribution in [3.05, 3.63) is 17.4 Å². The molecule has 0 bridgehead atoms. The van der Waals surface area contributed by atoms with E-state index in [1.54, 1.807) is 20.8 Å². The summed E-state index contributed by atoms with van der Waals surface area (Å²) in [6, 6.07) is 1.12. The molecule has 0 aliphatic rings. The fourth-order valence-electron chi connectivity index (χ4n) is 1.95. The monoisotopic (exact) mass is 346 g/mol. The normalized spacial score (nSPS) is 14.5. The molecular weight excluding hydrogens is 324 g/mol. The molecule has 0 aliphatic carbocycles. The highest BCUT2D eigenvalue weighted by molar-refractivity contribution is 7.89. The molecule has 1 unspecified atom stereocenters. The Bertz CT molecular complexity index is 707. The van der Waals surface area contributed by atoms with Crippen LogP contribution in [0.15, 0.2) is 15.6 Å². The fraction of sp³-hybridized carbons (Fsp3) is 0.571. The molecule has 1 rings (SSSR count). The number of carboxylic acids is 1. The standard InChI is InChI=1S/C14H22N2O6S/c1-8(2)14(4,7-11(17)18)16-13(19)10-6-12(22-9(10)3)23(20,21)15-5/h6,8,15H,7H2,1-5H3,(H,16,19)(H,17,18). The van der Waals surface area contributed by atoms with Gasteiger partial charge in [-0.15, -0.1) is 0 Å². The van der Waals surface area contributed by atoms with Crippen LogP contribution in [0.3, 0.4) is 0 Å². The van der Waals surface area contributed by atoms with E-state index in [-0.39, 0.29) is 28.8 Å². The van der Waals surface area contributed by atoms with Crippen molar-refractivity contribution in [3.8, 4) is 0 Å². The highest BCUT2D eigenvalue weighted by atomic mass is 32.2. The van der Waals surface area contributed by atoms with Crippen LogP contribution in [-0.2, 0) is 14.8 Å². The number of carboxylic acid groups (broad SMARTS) is 1. The zero-order valence-corrected chi connectivity index (χ0v) is 14.6. The van der Waals surface area contributed by atoms with Gasteiger partial charge in [0.25, 0.3) is 15.9 Å². The average molecular weight is 346 g/mol. The maximum atomic E-state index is 12.4. The minimum absolute atomic E-state index is 0.0519. The minimum atomic E-state index is -3.80. The Morgan fingerprint density at radius 2 is 1.96 bits per heavy atom. The van der Waals surface area contributed by atoms with Gasteiger partial charge in [0, 0.05) is 6.07 Å². The zero-order valence-electron chi connectivity index (χ0n) is 13.8. The van der Waals surface area contributed by atoms with Crippen molar-refractivity contribution < 1.29 is 27.5 Å². The molecule has 0 aromatic carbocycles. The summed E-state index contributed by atoms with van der Waals surface area (Å²) >= 11 is 0. The van der Waals surface area contributed by atoms with Crippen LogP contribution >= 0.6 is 0 Å². The zero-order chi connectivity index (χ0) is 18.0. The molecule has 9 heteroatoms. The van der Waals surface area contributed by atoms with Gasteiger partial charge in [-0.2, -0.15) is 0 Å². The summed E-state index contributed by atoms with van der Waals surface area (Å²) in [6.45, 7) is 6.68. The third-order valence-electron chi connectivity index (χ3n) is 3.87. The van der Waals surface area contributed by atoms with Crippen molar-refractivity contribution in [1.29, 1.82) is 0 Å². The molecule has 1 aromatic heterocycles. The van der Waals surface area contributed by atoms with Gasteiger partial charge < -0.3 is 14.8 Å². The lowest BCUT2D eigenvalue weighted by atomic mass is 9.85. The molecule has 1 heterocycles. The second kappa shape index (κ2) is 6.71. The number of furan rings is 1. The molecule has 1 atom stereocenters. The van der Waals surface area contributed by atoms with Gasteiger partial charge in [-0.05, 0) is 26.8 Å². The van der Waals surface area contributed by atoms with Crippen molar-refractivity contribution in [3.63, 3.8) is 0 Å². The molecule has 0 saturated heterocycles. The van der Waals surface area contributed by atoms with Crippen molar-refractivity contribution in [1.82, 2.24) is 10.0 Å². The Hall–Kier alpha value is -1.87. The Balaban J connectivity index is 3.13. The van der Waals surface area contributed by atoms with E-state index in [0.29, 0.717) is 0 Å². The fourth-order valence-corrected chi connectivity index (χ4v) is 2.66. The summed E-state index contributed by atoms with van der Waals surface area (Å²) in [5.74, 6) is -1.63. The maximum Gasteiger partial charge on any atom is 0.305 e. The number of carbonyl (C=O) groups excluding carboxylic acids is 1. The van der Waals surface area contributed by atoms with E-state index in [4.69, 9.17) is 9.52 Å². The molecular formula is C14H22N2O6S. The summed E-state index contributed by atoms with van der Waals surface area (Å²) in [7, 11) is -2.57. The molecule has 3 N–H and O–H groups in total. The average Bonchev–Trinajstić information content (AvgIpc) is 2.80. The number of hydrogen-bond acceptors (Lipinski definition) is 5. The first-order chi connectivity index (χ1) is 10.4. The first kappa shape index (κ1) is 19.2. The molecule has 130 valence electrons. The second-order valence-electron chi connectivity index (χ2n) is 5.84. The van der Waals surface area contributed by atoms with Gasteiger partial charge in [0.1, 0.15) is 5.76 Å².